The molecule has 1 aromatic carbocycles. The molecule has 0 saturated carbocycles. The lowest BCUT2D eigenvalue weighted by atomic mass is 10.00. The highest BCUT2D eigenvalue weighted by atomic mass is 32.2. The number of hydrogen-bond donors (Lipinski definition) is 3. The van der Waals surface area contributed by atoms with E-state index >= 15 is 0 Å². The first kappa shape index (κ1) is 18.5. The average Bonchev–Trinajstić information content (AvgIpc) is 2.58. The molecule has 1 heterocycles. The van der Waals surface area contributed by atoms with Crippen LogP contribution in [0.1, 0.15) is 17.4 Å². The van der Waals surface area contributed by atoms with Gasteiger partial charge in [-0.05, 0) is 17.2 Å². The fraction of sp³-hybridized carbons (Fsp3) is 0.312. The topological polar surface area (TPSA) is 105 Å². The van der Waals surface area contributed by atoms with Crippen molar-refractivity contribution in [3.8, 4) is 11.1 Å². The number of alkyl halides is 1. The predicted octanol–water partition coefficient (Wildman–Crippen LogP) is 1.13. The van der Waals surface area contributed by atoms with Gasteiger partial charge in [-0.25, -0.2) is 17.5 Å². The van der Waals surface area contributed by atoms with Crippen LogP contribution < -0.4 is 10.5 Å². The van der Waals surface area contributed by atoms with Gasteiger partial charge < -0.3 is 10.8 Å². The Morgan fingerprint density at radius 2 is 1.83 bits per heavy atom. The number of nitrogens with one attached hydrogen (secondary N) is 1. The van der Waals surface area contributed by atoms with E-state index in [0.29, 0.717) is 11.3 Å². The molecular formula is C16H20FN3O3S. The minimum Gasteiger partial charge on any atom is -0.387 e. The van der Waals surface area contributed by atoms with Gasteiger partial charge in [0.15, 0.2) is 0 Å². The van der Waals surface area contributed by atoms with Gasteiger partial charge in [0, 0.05) is 11.8 Å². The Morgan fingerprint density at radius 3 is 2.33 bits per heavy atom. The minimum atomic E-state index is -3.26. The number of benzene rings is 1. The van der Waals surface area contributed by atoms with Crippen LogP contribution in [0.4, 0.5) is 4.39 Å². The van der Waals surface area contributed by atoms with E-state index < -0.39 is 28.8 Å². The second-order valence-corrected chi connectivity index (χ2v) is 7.35. The molecule has 1 aromatic heterocycles. The number of aromatic nitrogens is 1. The highest BCUT2D eigenvalue weighted by molar-refractivity contribution is 7.88. The summed E-state index contributed by atoms with van der Waals surface area (Å²) in [6.45, 7) is -0.665. The lowest BCUT2D eigenvalue weighted by Gasteiger charge is -2.16. The van der Waals surface area contributed by atoms with Gasteiger partial charge in [0.1, 0.15) is 6.67 Å². The molecule has 24 heavy (non-hydrogen) atoms. The molecule has 0 radical (unpaired) electrons. The third-order valence-corrected chi connectivity index (χ3v) is 4.18. The second kappa shape index (κ2) is 7.80. The van der Waals surface area contributed by atoms with Gasteiger partial charge in [-0.15, -0.1) is 0 Å². The Balaban J connectivity index is 2.09. The lowest BCUT2D eigenvalue weighted by Crippen LogP contribution is -2.30. The van der Waals surface area contributed by atoms with Crippen molar-refractivity contribution >= 4 is 10.0 Å². The third kappa shape index (κ3) is 5.07. The van der Waals surface area contributed by atoms with Crippen LogP contribution in [-0.4, -0.2) is 37.5 Å². The molecule has 0 saturated heterocycles. The Hall–Kier alpha value is -1.87. The Labute approximate surface area is 140 Å². The fourth-order valence-electron chi connectivity index (χ4n) is 2.11. The van der Waals surface area contributed by atoms with Crippen LogP contribution in [0.3, 0.4) is 0 Å². The minimum absolute atomic E-state index is 0.130. The first-order chi connectivity index (χ1) is 11.3. The second-order valence-electron chi connectivity index (χ2n) is 5.52. The zero-order valence-corrected chi connectivity index (χ0v) is 14.0. The number of hydrogen-bond acceptors (Lipinski definition) is 5. The van der Waals surface area contributed by atoms with E-state index in [1.807, 2.05) is 6.07 Å². The molecule has 0 unspecified atom stereocenters. The third-order valence-electron chi connectivity index (χ3n) is 3.51. The van der Waals surface area contributed by atoms with Crippen LogP contribution in [0.15, 0.2) is 42.6 Å². The molecular weight excluding hydrogens is 333 g/mol. The largest absolute Gasteiger partial charge is 0.387 e. The van der Waals surface area contributed by atoms with Crippen LogP contribution in [0.5, 0.6) is 0 Å². The van der Waals surface area contributed by atoms with Crippen molar-refractivity contribution in [1.29, 1.82) is 0 Å². The maximum atomic E-state index is 12.5. The molecule has 2 rings (SSSR count). The summed E-state index contributed by atoms with van der Waals surface area (Å²) >= 11 is 0. The molecule has 2 aromatic rings. The van der Waals surface area contributed by atoms with E-state index in [4.69, 9.17) is 5.73 Å². The van der Waals surface area contributed by atoms with Crippen molar-refractivity contribution in [3.05, 3.63) is 53.9 Å². The predicted molar refractivity (Wildman–Crippen MR) is 90.3 cm³/mol. The zero-order chi connectivity index (χ0) is 17.7. The smallest absolute Gasteiger partial charge is 0.209 e. The quantitative estimate of drug-likeness (QED) is 0.692. The van der Waals surface area contributed by atoms with Crippen molar-refractivity contribution in [2.24, 2.45) is 5.73 Å². The summed E-state index contributed by atoms with van der Waals surface area (Å²) in [5.74, 6) is 0. The number of nitrogens with two attached hydrogens (primary N) is 1. The van der Waals surface area contributed by atoms with Gasteiger partial charge >= 0.3 is 0 Å². The Morgan fingerprint density at radius 1 is 1.21 bits per heavy atom. The average molecular weight is 353 g/mol. The first-order valence-corrected chi connectivity index (χ1v) is 9.19. The summed E-state index contributed by atoms with van der Waals surface area (Å²) in [7, 11) is -3.26. The molecule has 0 fully saturated rings. The zero-order valence-electron chi connectivity index (χ0n) is 13.2. The number of sulfonamides is 1. The molecule has 130 valence electrons. The first-order valence-electron chi connectivity index (χ1n) is 7.29. The van der Waals surface area contributed by atoms with E-state index in [2.05, 4.69) is 9.71 Å². The maximum Gasteiger partial charge on any atom is 0.209 e. The van der Waals surface area contributed by atoms with Crippen LogP contribution in [-0.2, 0) is 16.6 Å². The Bertz CT molecular complexity index is 764. The van der Waals surface area contributed by atoms with Crippen molar-refractivity contribution in [3.63, 3.8) is 0 Å². The van der Waals surface area contributed by atoms with Crippen molar-refractivity contribution in [1.82, 2.24) is 9.71 Å². The van der Waals surface area contributed by atoms with Gasteiger partial charge in [-0.2, -0.15) is 0 Å². The van der Waals surface area contributed by atoms with Crippen molar-refractivity contribution in [2.45, 2.75) is 18.7 Å². The number of halogens is 1. The van der Waals surface area contributed by atoms with E-state index in [0.717, 1.165) is 17.4 Å². The van der Waals surface area contributed by atoms with Gasteiger partial charge in [0.25, 0.3) is 0 Å². The van der Waals surface area contributed by atoms with Crippen molar-refractivity contribution < 1.29 is 17.9 Å². The number of rotatable bonds is 7. The molecule has 6 nitrogen and oxygen atoms in total. The van der Waals surface area contributed by atoms with E-state index in [1.54, 1.807) is 36.5 Å². The standard InChI is InChI=1S/C16H20FN3O3S/c1-24(22,23)20-10-14-7-6-13(9-19-14)11-2-4-12(5-3-11)16(21)15(18)8-17/h2-7,9,15-16,20-21H,8,10,18H2,1H3/t15-,16-/m1/s1. The van der Waals surface area contributed by atoms with Gasteiger partial charge in [0.2, 0.25) is 10.0 Å². The molecule has 0 spiro atoms. The van der Waals surface area contributed by atoms with Crippen LogP contribution in [0, 0.1) is 0 Å². The normalized spacial score (nSPS) is 14.3. The van der Waals surface area contributed by atoms with Crippen LogP contribution in [0.25, 0.3) is 11.1 Å². The number of pyridine rings is 1. The molecule has 0 aliphatic heterocycles. The monoisotopic (exact) mass is 353 g/mol. The summed E-state index contributed by atoms with van der Waals surface area (Å²) in [6, 6.07) is 9.56. The summed E-state index contributed by atoms with van der Waals surface area (Å²) < 4.78 is 37.0. The van der Waals surface area contributed by atoms with Crippen LogP contribution >= 0.6 is 0 Å². The molecule has 2 atom stereocenters. The molecule has 4 N–H and O–H groups in total. The Kier molecular flexibility index (Phi) is 6.00. The lowest BCUT2D eigenvalue weighted by molar-refractivity contribution is 0.132. The SMILES string of the molecule is CS(=O)(=O)NCc1ccc(-c2ccc([C@@H](O)[C@H](N)CF)cc2)cn1. The van der Waals surface area contributed by atoms with Gasteiger partial charge in [0.05, 0.1) is 30.6 Å². The summed E-state index contributed by atoms with van der Waals surface area (Å²) in [5, 5.41) is 9.88. The fourth-order valence-corrected chi connectivity index (χ4v) is 2.52. The highest BCUT2D eigenvalue weighted by Crippen LogP contribution is 2.23. The highest BCUT2D eigenvalue weighted by Gasteiger charge is 2.16. The van der Waals surface area contributed by atoms with Gasteiger partial charge in [-0.1, -0.05) is 30.3 Å². The van der Waals surface area contributed by atoms with E-state index in [9.17, 15) is 17.9 Å². The van der Waals surface area contributed by atoms with Crippen molar-refractivity contribution in [2.75, 3.05) is 12.9 Å². The maximum absolute atomic E-state index is 12.5. The molecule has 0 aliphatic rings. The summed E-state index contributed by atoms with van der Waals surface area (Å²) in [4.78, 5) is 4.21. The summed E-state index contributed by atoms with van der Waals surface area (Å²) in [6.07, 6.45) is 1.68. The van der Waals surface area contributed by atoms with Gasteiger partial charge in [-0.3, -0.25) is 4.98 Å². The van der Waals surface area contributed by atoms with E-state index in [1.165, 1.54) is 0 Å². The summed E-state index contributed by atoms with van der Waals surface area (Å²) in [5.41, 5.74) is 8.35. The van der Waals surface area contributed by atoms with E-state index in [-0.39, 0.29) is 6.54 Å². The molecule has 8 heteroatoms. The van der Waals surface area contributed by atoms with Crippen LogP contribution in [0.2, 0.25) is 0 Å². The number of nitrogens with zero attached hydrogens (tertiary/aromatic N) is 1. The molecule has 0 amide bonds. The molecule has 0 aliphatic carbocycles. The number of aliphatic hydroxyl groups excluding tert-OH is 1. The molecule has 0 bridgehead atoms. The number of aliphatic hydroxyl groups is 1.